The molecule has 0 radical (unpaired) electrons. The Morgan fingerprint density at radius 2 is 1.93 bits per heavy atom. The van der Waals surface area contributed by atoms with Crippen molar-refractivity contribution in [2.24, 2.45) is 0 Å². The fraction of sp³-hybridized carbons (Fsp3) is 0.600. The summed E-state index contributed by atoms with van der Waals surface area (Å²) in [6.07, 6.45) is 0. The van der Waals surface area contributed by atoms with Gasteiger partial charge in [0.1, 0.15) is 5.69 Å². The Labute approximate surface area is 88.3 Å². The van der Waals surface area contributed by atoms with Gasteiger partial charge < -0.3 is 15.0 Å². The predicted molar refractivity (Wildman–Crippen MR) is 59.6 cm³/mol. The smallest absolute Gasteiger partial charge is 0.272 e. The number of rotatable bonds is 6. The maximum atomic E-state index is 11.2. The van der Waals surface area contributed by atoms with Crippen molar-refractivity contribution in [1.82, 2.24) is 4.90 Å². The van der Waals surface area contributed by atoms with Gasteiger partial charge in [0, 0.05) is 13.1 Å². The highest BCUT2D eigenvalue weighted by molar-refractivity contribution is 5.61. The van der Waals surface area contributed by atoms with Gasteiger partial charge >= 0.3 is 0 Å². The molecule has 0 fully saturated rings. The molecular weight excluding hydrogens is 196 g/mol. The fourth-order valence-electron chi connectivity index (χ4n) is 1.22. The van der Waals surface area contributed by atoms with Crippen molar-refractivity contribution in [3.63, 3.8) is 0 Å². The summed E-state index contributed by atoms with van der Waals surface area (Å²) in [7, 11) is 3.88. The van der Waals surface area contributed by atoms with E-state index in [1.807, 2.05) is 19.0 Å². The number of anilines is 1. The van der Waals surface area contributed by atoms with Crippen molar-refractivity contribution >= 4 is 5.69 Å². The van der Waals surface area contributed by atoms with Crippen molar-refractivity contribution < 1.29 is 4.74 Å². The van der Waals surface area contributed by atoms with Crippen LogP contribution in [0.1, 0.15) is 6.92 Å². The van der Waals surface area contributed by atoms with Crippen molar-refractivity contribution in [2.45, 2.75) is 6.92 Å². The third-order valence-corrected chi connectivity index (χ3v) is 2.02. The zero-order chi connectivity index (χ0) is 11.4. The Morgan fingerprint density at radius 1 is 1.27 bits per heavy atom. The van der Waals surface area contributed by atoms with E-state index in [4.69, 9.17) is 4.74 Å². The molecule has 0 unspecified atom stereocenters. The highest BCUT2D eigenvalue weighted by atomic mass is 16.5. The van der Waals surface area contributed by atoms with E-state index in [1.165, 1.54) is 0 Å². The fourth-order valence-corrected chi connectivity index (χ4v) is 1.22. The monoisotopic (exact) mass is 212 g/mol. The van der Waals surface area contributed by atoms with Gasteiger partial charge in [-0.2, -0.15) is 0 Å². The van der Waals surface area contributed by atoms with E-state index in [0.29, 0.717) is 18.8 Å². The summed E-state index contributed by atoms with van der Waals surface area (Å²) in [4.78, 5) is 24.2. The molecule has 1 aromatic carbocycles. The van der Waals surface area contributed by atoms with Gasteiger partial charge in [0.15, 0.2) is 5.75 Å². The van der Waals surface area contributed by atoms with Crippen molar-refractivity contribution in [1.29, 1.82) is 0 Å². The normalized spacial score (nSPS) is 10.9. The first kappa shape index (κ1) is 11.7. The number of nitrogens with zero attached hydrogens (tertiary/aromatic N) is 1. The van der Waals surface area contributed by atoms with Gasteiger partial charge in [-0.1, -0.05) is 0 Å². The molecule has 0 amide bonds. The third-order valence-electron chi connectivity index (χ3n) is 2.02. The van der Waals surface area contributed by atoms with Crippen LogP contribution in [-0.2, 0) is 0 Å². The highest BCUT2D eigenvalue weighted by Crippen LogP contribution is 2.16. The number of hydrogen-bond acceptors (Lipinski definition) is 5. The summed E-state index contributed by atoms with van der Waals surface area (Å²) >= 11 is 0. The second kappa shape index (κ2) is 4.93. The second-order valence-corrected chi connectivity index (χ2v) is 3.53. The molecule has 0 saturated carbocycles. The molecule has 0 atom stereocenters. The molecule has 5 heteroatoms. The molecule has 5 nitrogen and oxygen atoms in total. The largest absolute Gasteiger partial charge is 0.488 e. The van der Waals surface area contributed by atoms with E-state index in [9.17, 15) is 9.59 Å². The minimum Gasteiger partial charge on any atom is -0.488 e. The zero-order valence-electron chi connectivity index (χ0n) is 9.29. The summed E-state index contributed by atoms with van der Waals surface area (Å²) in [5.74, 6) is 0.182. The first-order valence-corrected chi connectivity index (χ1v) is 4.92. The molecule has 0 aliphatic carbocycles. The first-order chi connectivity index (χ1) is 7.07. The minimum atomic E-state index is -0.524. The van der Waals surface area contributed by atoms with Crippen LogP contribution in [0.15, 0.2) is 9.59 Å². The Balaban J connectivity index is 2.58. The highest BCUT2D eigenvalue weighted by Gasteiger charge is 2.21. The van der Waals surface area contributed by atoms with E-state index in [1.54, 1.807) is 6.92 Å². The molecule has 1 rings (SSSR count). The van der Waals surface area contributed by atoms with Gasteiger partial charge in [-0.25, -0.2) is 0 Å². The molecule has 0 heterocycles. The van der Waals surface area contributed by atoms with Crippen LogP contribution in [0.5, 0.6) is 5.75 Å². The lowest BCUT2D eigenvalue weighted by atomic mass is 10.2. The Kier molecular flexibility index (Phi) is 3.85. The molecule has 0 spiro atoms. The molecule has 1 N–H and O–H groups in total. The zero-order valence-corrected chi connectivity index (χ0v) is 9.29. The average molecular weight is 212 g/mol. The lowest BCUT2D eigenvalue weighted by Crippen LogP contribution is -2.37. The number of ether oxygens (including phenoxy) is 1. The summed E-state index contributed by atoms with van der Waals surface area (Å²) in [5.41, 5.74) is -0.676. The molecule has 1 aromatic rings. The van der Waals surface area contributed by atoms with Gasteiger partial charge in [-0.15, -0.1) is 0 Å². The van der Waals surface area contributed by atoms with Gasteiger partial charge in [0.05, 0.1) is 6.61 Å². The molecule has 0 aliphatic heterocycles. The van der Waals surface area contributed by atoms with Crippen LogP contribution in [0.2, 0.25) is 0 Å². The Hall–Kier alpha value is -1.36. The van der Waals surface area contributed by atoms with Crippen LogP contribution >= 0.6 is 0 Å². The van der Waals surface area contributed by atoms with Gasteiger partial charge in [0.25, 0.3) is 10.9 Å². The predicted octanol–water partition coefficient (Wildman–Crippen LogP) is -0.345. The van der Waals surface area contributed by atoms with Gasteiger partial charge in [-0.05, 0) is 21.0 Å². The molecule has 84 valence electrons. The maximum absolute atomic E-state index is 11.2. The van der Waals surface area contributed by atoms with E-state index < -0.39 is 10.9 Å². The second-order valence-electron chi connectivity index (χ2n) is 3.53. The number of likely N-dealkylation sites (N-methyl/N-ethyl adjacent to an activating group) is 1. The first-order valence-electron chi connectivity index (χ1n) is 4.92. The van der Waals surface area contributed by atoms with Crippen LogP contribution in [0.25, 0.3) is 0 Å². The summed E-state index contributed by atoms with van der Waals surface area (Å²) in [5, 5.41) is 2.91. The SMILES string of the molecule is CCOc1c(NCCN(C)C)c(=O)c1=O. The Bertz CT molecular complexity index is 391. The number of nitrogens with one attached hydrogen (secondary N) is 1. The van der Waals surface area contributed by atoms with Crippen LogP contribution < -0.4 is 20.9 Å². The lowest BCUT2D eigenvalue weighted by Gasteiger charge is -2.14. The summed E-state index contributed by atoms with van der Waals surface area (Å²) < 4.78 is 5.06. The van der Waals surface area contributed by atoms with E-state index in [2.05, 4.69) is 5.32 Å². The van der Waals surface area contributed by atoms with Crippen LogP contribution in [0.4, 0.5) is 5.69 Å². The summed E-state index contributed by atoms with van der Waals surface area (Å²) in [6.45, 7) is 3.59. The lowest BCUT2D eigenvalue weighted by molar-refractivity contribution is 0.334. The molecule has 0 bridgehead atoms. The van der Waals surface area contributed by atoms with Crippen LogP contribution in [0.3, 0.4) is 0 Å². The molecular formula is C10H16N2O3. The van der Waals surface area contributed by atoms with Crippen molar-refractivity contribution in [3.05, 3.63) is 20.4 Å². The van der Waals surface area contributed by atoms with Crippen molar-refractivity contribution in [2.75, 3.05) is 39.1 Å². The summed E-state index contributed by atoms with van der Waals surface area (Å²) in [6, 6.07) is 0. The molecule has 0 aromatic heterocycles. The van der Waals surface area contributed by atoms with Crippen LogP contribution in [0, 0.1) is 0 Å². The third kappa shape index (κ3) is 2.56. The minimum absolute atomic E-state index is 0.182. The number of hydrogen-bond donors (Lipinski definition) is 1. The van der Waals surface area contributed by atoms with Gasteiger partial charge in [-0.3, -0.25) is 9.59 Å². The standard InChI is InChI=1S/C10H16N2O3/c1-4-15-10-7(8(13)9(10)14)11-5-6-12(2)3/h11H,4-6H2,1-3H3. The van der Waals surface area contributed by atoms with E-state index in [0.717, 1.165) is 6.54 Å². The maximum Gasteiger partial charge on any atom is 0.272 e. The quantitative estimate of drug-likeness (QED) is 0.653. The van der Waals surface area contributed by atoms with Gasteiger partial charge in [0.2, 0.25) is 0 Å². The topological polar surface area (TPSA) is 58.6 Å². The average Bonchev–Trinajstić information content (AvgIpc) is 2.21. The van der Waals surface area contributed by atoms with E-state index in [-0.39, 0.29) is 5.75 Å². The van der Waals surface area contributed by atoms with Crippen LogP contribution in [-0.4, -0.2) is 38.7 Å². The molecule has 0 aliphatic rings. The van der Waals surface area contributed by atoms with Crippen molar-refractivity contribution in [3.8, 4) is 5.75 Å². The molecule has 15 heavy (non-hydrogen) atoms. The Morgan fingerprint density at radius 3 is 2.47 bits per heavy atom. The van der Waals surface area contributed by atoms with E-state index >= 15 is 0 Å². The molecule has 0 saturated heterocycles.